The van der Waals surface area contributed by atoms with Crippen LogP contribution in [0.3, 0.4) is 0 Å². The number of carboxylic acids is 1. The van der Waals surface area contributed by atoms with Crippen LogP contribution in [0.4, 0.5) is 5.69 Å². The molecule has 0 fully saturated rings. The quantitative estimate of drug-likeness (QED) is 0.792. The first-order valence-corrected chi connectivity index (χ1v) is 6.42. The van der Waals surface area contributed by atoms with Gasteiger partial charge in [0.05, 0.1) is 5.56 Å². The summed E-state index contributed by atoms with van der Waals surface area (Å²) >= 11 is 0. The molecule has 0 aliphatic rings. The maximum absolute atomic E-state index is 10.8. The number of carbonyl (C=O) groups is 1. The SMILES string of the molecule is Cc1ccc(OCCNc2cccc(C(=O)O)c2)cc1. The fourth-order valence-electron chi connectivity index (χ4n) is 1.76. The average molecular weight is 271 g/mol. The lowest BCUT2D eigenvalue weighted by Gasteiger charge is -2.09. The van der Waals surface area contributed by atoms with E-state index >= 15 is 0 Å². The predicted molar refractivity (Wildman–Crippen MR) is 78.6 cm³/mol. The number of aromatic carboxylic acids is 1. The molecule has 20 heavy (non-hydrogen) atoms. The Bertz CT molecular complexity index is 579. The molecular formula is C16H17NO3. The molecule has 0 radical (unpaired) electrons. The Morgan fingerprint density at radius 1 is 1.20 bits per heavy atom. The summed E-state index contributed by atoms with van der Waals surface area (Å²) in [5.41, 5.74) is 2.24. The second-order valence-corrected chi connectivity index (χ2v) is 4.47. The molecule has 2 aromatic carbocycles. The first-order chi connectivity index (χ1) is 9.65. The fraction of sp³-hybridized carbons (Fsp3) is 0.188. The van der Waals surface area contributed by atoms with Gasteiger partial charge in [-0.15, -0.1) is 0 Å². The third-order valence-electron chi connectivity index (χ3n) is 2.83. The van der Waals surface area contributed by atoms with Crippen LogP contribution in [0.25, 0.3) is 0 Å². The second-order valence-electron chi connectivity index (χ2n) is 4.47. The maximum Gasteiger partial charge on any atom is 0.335 e. The van der Waals surface area contributed by atoms with Crippen molar-refractivity contribution in [2.45, 2.75) is 6.92 Å². The summed E-state index contributed by atoms with van der Waals surface area (Å²) in [6.07, 6.45) is 0. The van der Waals surface area contributed by atoms with Crippen LogP contribution in [-0.4, -0.2) is 24.2 Å². The third-order valence-corrected chi connectivity index (χ3v) is 2.83. The van der Waals surface area contributed by atoms with Gasteiger partial charge in [-0.05, 0) is 37.3 Å². The van der Waals surface area contributed by atoms with Crippen molar-refractivity contribution in [3.05, 3.63) is 59.7 Å². The fourth-order valence-corrected chi connectivity index (χ4v) is 1.76. The molecule has 0 heterocycles. The van der Waals surface area contributed by atoms with E-state index < -0.39 is 5.97 Å². The predicted octanol–water partition coefficient (Wildman–Crippen LogP) is 3.18. The van der Waals surface area contributed by atoms with Gasteiger partial charge in [0.25, 0.3) is 0 Å². The van der Waals surface area contributed by atoms with Crippen LogP contribution in [-0.2, 0) is 0 Å². The molecule has 0 aliphatic carbocycles. The minimum atomic E-state index is -0.926. The Hall–Kier alpha value is -2.49. The summed E-state index contributed by atoms with van der Waals surface area (Å²) in [6, 6.07) is 14.6. The number of hydrogen-bond donors (Lipinski definition) is 2. The van der Waals surface area contributed by atoms with Gasteiger partial charge in [0.15, 0.2) is 0 Å². The largest absolute Gasteiger partial charge is 0.492 e. The summed E-state index contributed by atoms with van der Waals surface area (Å²) in [6.45, 7) is 3.15. The van der Waals surface area contributed by atoms with Crippen molar-refractivity contribution in [1.29, 1.82) is 0 Å². The normalized spacial score (nSPS) is 10.1. The van der Waals surface area contributed by atoms with Crippen LogP contribution < -0.4 is 10.1 Å². The van der Waals surface area contributed by atoms with Crippen molar-refractivity contribution in [2.24, 2.45) is 0 Å². The number of nitrogens with one attached hydrogen (secondary N) is 1. The molecule has 2 rings (SSSR count). The monoisotopic (exact) mass is 271 g/mol. The third kappa shape index (κ3) is 4.02. The summed E-state index contributed by atoms with van der Waals surface area (Å²) in [4.78, 5) is 10.8. The van der Waals surface area contributed by atoms with E-state index in [1.54, 1.807) is 18.2 Å². The van der Waals surface area contributed by atoms with Crippen LogP contribution in [0.2, 0.25) is 0 Å². The molecule has 0 amide bonds. The highest BCUT2D eigenvalue weighted by atomic mass is 16.5. The number of rotatable bonds is 6. The molecule has 4 nitrogen and oxygen atoms in total. The molecule has 0 aliphatic heterocycles. The molecular weight excluding hydrogens is 254 g/mol. The lowest BCUT2D eigenvalue weighted by Crippen LogP contribution is -2.11. The van der Waals surface area contributed by atoms with E-state index in [-0.39, 0.29) is 5.56 Å². The smallest absolute Gasteiger partial charge is 0.335 e. The summed E-state index contributed by atoms with van der Waals surface area (Å²) in [7, 11) is 0. The Kier molecular flexibility index (Phi) is 4.60. The molecule has 0 spiro atoms. The van der Waals surface area contributed by atoms with Gasteiger partial charge in [-0.2, -0.15) is 0 Å². The maximum atomic E-state index is 10.8. The van der Waals surface area contributed by atoms with E-state index in [2.05, 4.69) is 5.32 Å². The van der Waals surface area contributed by atoms with E-state index in [1.807, 2.05) is 37.3 Å². The van der Waals surface area contributed by atoms with E-state index in [0.717, 1.165) is 11.4 Å². The summed E-state index contributed by atoms with van der Waals surface area (Å²) in [5, 5.41) is 12.0. The number of benzene rings is 2. The van der Waals surface area contributed by atoms with Crippen molar-refractivity contribution in [2.75, 3.05) is 18.5 Å². The Balaban J connectivity index is 1.79. The van der Waals surface area contributed by atoms with Gasteiger partial charge < -0.3 is 15.2 Å². The number of carboxylic acid groups (broad SMARTS) is 1. The highest BCUT2D eigenvalue weighted by molar-refractivity contribution is 5.88. The van der Waals surface area contributed by atoms with E-state index in [4.69, 9.17) is 9.84 Å². The number of aryl methyl sites for hydroxylation is 1. The topological polar surface area (TPSA) is 58.6 Å². The van der Waals surface area contributed by atoms with E-state index in [9.17, 15) is 4.79 Å². The molecule has 0 unspecified atom stereocenters. The van der Waals surface area contributed by atoms with Crippen LogP contribution in [0, 0.1) is 6.92 Å². The number of hydrogen-bond acceptors (Lipinski definition) is 3. The van der Waals surface area contributed by atoms with Gasteiger partial charge in [0, 0.05) is 12.2 Å². The zero-order chi connectivity index (χ0) is 14.4. The lowest BCUT2D eigenvalue weighted by molar-refractivity contribution is 0.0697. The molecule has 0 saturated heterocycles. The Morgan fingerprint density at radius 3 is 2.65 bits per heavy atom. The minimum absolute atomic E-state index is 0.273. The van der Waals surface area contributed by atoms with Gasteiger partial charge in [0.2, 0.25) is 0 Å². The molecule has 0 aromatic heterocycles. The van der Waals surface area contributed by atoms with Gasteiger partial charge in [-0.25, -0.2) is 4.79 Å². The average Bonchev–Trinajstić information content (AvgIpc) is 2.46. The minimum Gasteiger partial charge on any atom is -0.492 e. The molecule has 0 bridgehead atoms. The number of anilines is 1. The standard InChI is InChI=1S/C16H17NO3/c1-12-5-7-15(8-6-12)20-10-9-17-14-4-2-3-13(11-14)16(18)19/h2-8,11,17H,9-10H2,1H3,(H,18,19). The van der Waals surface area contributed by atoms with Crippen LogP contribution in [0.15, 0.2) is 48.5 Å². The zero-order valence-corrected chi connectivity index (χ0v) is 11.3. The summed E-state index contributed by atoms with van der Waals surface area (Å²) < 4.78 is 5.58. The zero-order valence-electron chi connectivity index (χ0n) is 11.3. The van der Waals surface area contributed by atoms with Gasteiger partial charge in [-0.1, -0.05) is 23.8 Å². The van der Waals surface area contributed by atoms with Crippen LogP contribution >= 0.6 is 0 Å². The Labute approximate surface area is 118 Å². The van der Waals surface area contributed by atoms with Crippen LogP contribution in [0.1, 0.15) is 15.9 Å². The first-order valence-electron chi connectivity index (χ1n) is 6.42. The van der Waals surface area contributed by atoms with Gasteiger partial charge in [0.1, 0.15) is 12.4 Å². The van der Waals surface area contributed by atoms with Crippen molar-refractivity contribution in [3.8, 4) is 5.75 Å². The van der Waals surface area contributed by atoms with Crippen molar-refractivity contribution in [1.82, 2.24) is 0 Å². The molecule has 2 aromatic rings. The highest BCUT2D eigenvalue weighted by Crippen LogP contribution is 2.12. The lowest BCUT2D eigenvalue weighted by atomic mass is 10.2. The van der Waals surface area contributed by atoms with E-state index in [0.29, 0.717) is 13.2 Å². The van der Waals surface area contributed by atoms with E-state index in [1.165, 1.54) is 5.56 Å². The first kappa shape index (κ1) is 13.9. The van der Waals surface area contributed by atoms with Gasteiger partial charge in [-0.3, -0.25) is 0 Å². The van der Waals surface area contributed by atoms with Crippen molar-refractivity contribution < 1.29 is 14.6 Å². The highest BCUT2D eigenvalue weighted by Gasteiger charge is 2.02. The second kappa shape index (κ2) is 6.61. The molecule has 104 valence electrons. The number of ether oxygens (including phenoxy) is 1. The summed E-state index contributed by atoms with van der Waals surface area (Å²) in [5.74, 6) is -0.0961. The molecule has 0 atom stereocenters. The van der Waals surface area contributed by atoms with Crippen LogP contribution in [0.5, 0.6) is 5.75 Å². The Morgan fingerprint density at radius 2 is 1.95 bits per heavy atom. The van der Waals surface area contributed by atoms with Gasteiger partial charge >= 0.3 is 5.97 Å². The van der Waals surface area contributed by atoms with Crippen molar-refractivity contribution >= 4 is 11.7 Å². The van der Waals surface area contributed by atoms with Crippen molar-refractivity contribution in [3.63, 3.8) is 0 Å². The molecule has 4 heteroatoms. The molecule has 0 saturated carbocycles. The molecule has 2 N–H and O–H groups in total.